The van der Waals surface area contributed by atoms with E-state index < -0.39 is 66.1 Å². The number of alkyl halides is 19. The minimum absolute atomic E-state index is 0.128. The molecule has 1 unspecified atom stereocenters. The van der Waals surface area contributed by atoms with Crippen LogP contribution in [0, 0.1) is 0 Å². The first kappa shape index (κ1) is 30.6. The van der Waals surface area contributed by atoms with Gasteiger partial charge in [0.05, 0.1) is 6.10 Å². The van der Waals surface area contributed by atoms with Gasteiger partial charge in [0.15, 0.2) is 0 Å². The molecule has 20 heteroatoms. The molecule has 0 saturated heterocycles. The van der Waals surface area contributed by atoms with E-state index >= 15 is 0 Å². The molecule has 1 N–H and O–H groups in total. The van der Waals surface area contributed by atoms with Crippen LogP contribution in [-0.4, -0.2) is 64.8 Å². The van der Waals surface area contributed by atoms with E-state index in [4.69, 9.17) is 5.11 Å². The molecule has 1 nitrogen and oxygen atoms in total. The van der Waals surface area contributed by atoms with Crippen molar-refractivity contribution in [2.75, 3.05) is 0 Å². The highest BCUT2D eigenvalue weighted by Crippen LogP contribution is 2.65. The lowest BCUT2D eigenvalue weighted by Gasteiger charge is -2.43. The molecule has 0 fully saturated rings. The number of halogens is 19. The van der Waals surface area contributed by atoms with Gasteiger partial charge in [0.1, 0.15) is 0 Å². The van der Waals surface area contributed by atoms with Crippen LogP contribution in [0.3, 0.4) is 0 Å². The molecule has 32 heavy (non-hydrogen) atoms. The summed E-state index contributed by atoms with van der Waals surface area (Å²) in [5.74, 6) is -66.7. The molecule has 0 amide bonds. The summed E-state index contributed by atoms with van der Waals surface area (Å²) in [5.41, 5.74) is 0. The van der Waals surface area contributed by atoms with Crippen molar-refractivity contribution in [3.05, 3.63) is 0 Å². The maximum absolute atomic E-state index is 13.3. The fourth-order valence-corrected chi connectivity index (χ4v) is 1.89. The second kappa shape index (κ2) is 7.57. The van der Waals surface area contributed by atoms with Gasteiger partial charge in [-0.1, -0.05) is 0 Å². The zero-order valence-corrected chi connectivity index (χ0v) is 14.4. The van der Waals surface area contributed by atoms with Crippen molar-refractivity contribution in [1.29, 1.82) is 0 Å². The van der Waals surface area contributed by atoms with Crippen LogP contribution in [0.5, 0.6) is 0 Å². The minimum atomic E-state index is -8.92. The molecular weight excluding hydrogens is 521 g/mol. The van der Waals surface area contributed by atoms with Crippen molar-refractivity contribution in [2.45, 2.75) is 73.0 Å². The van der Waals surface area contributed by atoms with E-state index in [1.807, 2.05) is 0 Å². The Morgan fingerprint density at radius 1 is 0.438 bits per heavy atom. The van der Waals surface area contributed by atoms with Crippen molar-refractivity contribution in [3.8, 4) is 0 Å². The van der Waals surface area contributed by atoms with Crippen LogP contribution in [0.2, 0.25) is 0 Å². The number of aliphatic hydroxyl groups is 1. The lowest BCUT2D eigenvalue weighted by Crippen LogP contribution is -2.75. The van der Waals surface area contributed by atoms with E-state index in [0.29, 0.717) is 0 Å². The molecular formula is C12H7F19O. The molecule has 0 aromatic carbocycles. The standard InChI is InChI=1S/C12H7F19O/c1-3(32)2-4(13,14)5(15,16)6(17,18)7(19,20)8(21,22)9(23,24)10(25,26)11(27,28)12(29,30)31/h3,32H,2H2,1H3. The topological polar surface area (TPSA) is 20.2 Å². The van der Waals surface area contributed by atoms with E-state index in [2.05, 4.69) is 0 Å². The third kappa shape index (κ3) is 3.82. The van der Waals surface area contributed by atoms with Gasteiger partial charge in [0.25, 0.3) is 0 Å². The van der Waals surface area contributed by atoms with Gasteiger partial charge in [-0.25, -0.2) is 0 Å². The summed E-state index contributed by atoms with van der Waals surface area (Å²) >= 11 is 0. The van der Waals surface area contributed by atoms with Crippen LogP contribution >= 0.6 is 0 Å². The third-order valence-corrected chi connectivity index (χ3v) is 3.73. The highest BCUT2D eigenvalue weighted by Gasteiger charge is 2.96. The third-order valence-electron chi connectivity index (χ3n) is 3.73. The van der Waals surface area contributed by atoms with E-state index in [1.54, 1.807) is 0 Å². The van der Waals surface area contributed by atoms with Gasteiger partial charge in [-0.2, -0.15) is 83.4 Å². The van der Waals surface area contributed by atoms with Gasteiger partial charge >= 0.3 is 53.6 Å². The summed E-state index contributed by atoms with van der Waals surface area (Å²) in [4.78, 5) is 0. The number of rotatable bonds is 9. The summed E-state index contributed by atoms with van der Waals surface area (Å²) in [6.07, 6.45) is -13.6. The predicted molar refractivity (Wildman–Crippen MR) is 61.9 cm³/mol. The first-order valence-corrected chi connectivity index (χ1v) is 7.19. The highest BCUT2D eigenvalue weighted by atomic mass is 19.4. The molecule has 0 radical (unpaired) electrons. The minimum Gasteiger partial charge on any atom is -0.393 e. The van der Waals surface area contributed by atoms with Gasteiger partial charge in [0.2, 0.25) is 0 Å². The quantitative estimate of drug-likeness (QED) is 0.344. The first-order chi connectivity index (χ1) is 13.4. The summed E-state index contributed by atoms with van der Waals surface area (Å²) in [7, 11) is 0. The molecule has 194 valence electrons. The molecule has 0 aliphatic rings. The molecule has 0 aliphatic heterocycles. The van der Waals surface area contributed by atoms with Gasteiger partial charge in [-0.15, -0.1) is 0 Å². The van der Waals surface area contributed by atoms with Crippen molar-refractivity contribution >= 4 is 0 Å². The van der Waals surface area contributed by atoms with Crippen molar-refractivity contribution in [2.24, 2.45) is 0 Å². The zero-order chi connectivity index (χ0) is 26.8. The molecule has 0 bridgehead atoms. The molecule has 0 saturated carbocycles. The summed E-state index contributed by atoms with van der Waals surface area (Å²) < 4.78 is 246. The lowest BCUT2D eigenvalue weighted by atomic mass is 9.86. The Kier molecular flexibility index (Phi) is 7.25. The molecule has 0 heterocycles. The van der Waals surface area contributed by atoms with Gasteiger partial charge < -0.3 is 5.11 Å². The van der Waals surface area contributed by atoms with Crippen LogP contribution < -0.4 is 0 Å². The number of hydrogen-bond acceptors (Lipinski definition) is 1. The van der Waals surface area contributed by atoms with E-state index in [1.165, 1.54) is 0 Å². The second-order valence-electron chi connectivity index (χ2n) is 6.28. The SMILES string of the molecule is CC(O)CC(F)(F)C(F)(F)C(F)(F)C(F)(F)C(F)(F)C(F)(F)C(F)(F)C(F)(F)C(F)(F)F. The average molecular weight is 528 g/mol. The second-order valence-corrected chi connectivity index (χ2v) is 6.28. The largest absolute Gasteiger partial charge is 0.460 e. The molecule has 0 rings (SSSR count). The van der Waals surface area contributed by atoms with Crippen molar-refractivity contribution in [1.82, 2.24) is 0 Å². The van der Waals surface area contributed by atoms with E-state index in [-0.39, 0.29) is 6.92 Å². The fourth-order valence-electron chi connectivity index (χ4n) is 1.89. The number of hydrogen-bond donors (Lipinski definition) is 1. The molecule has 0 aromatic rings. The Balaban J connectivity index is 6.85. The molecule has 1 atom stereocenters. The van der Waals surface area contributed by atoms with Gasteiger partial charge in [-0.05, 0) is 6.92 Å². The Bertz CT molecular complexity index is 672. The van der Waals surface area contributed by atoms with Crippen molar-refractivity contribution < 1.29 is 88.5 Å². The molecule has 0 spiro atoms. The Morgan fingerprint density at radius 2 is 0.656 bits per heavy atom. The molecule has 0 aromatic heterocycles. The van der Waals surface area contributed by atoms with Crippen LogP contribution in [0.25, 0.3) is 0 Å². The summed E-state index contributed by atoms with van der Waals surface area (Å²) in [5, 5.41) is 8.48. The Hall–Kier alpha value is -1.37. The maximum Gasteiger partial charge on any atom is 0.460 e. The number of aliphatic hydroxyl groups excluding tert-OH is 1. The smallest absolute Gasteiger partial charge is 0.393 e. The van der Waals surface area contributed by atoms with Crippen LogP contribution in [0.1, 0.15) is 13.3 Å². The molecule has 0 aliphatic carbocycles. The summed E-state index contributed by atoms with van der Waals surface area (Å²) in [6, 6.07) is 0. The predicted octanol–water partition coefficient (Wildman–Crippen LogP) is 6.40. The normalized spacial score (nSPS) is 17.5. The fraction of sp³-hybridized carbons (Fsp3) is 1.00. The highest BCUT2D eigenvalue weighted by molar-refractivity contribution is 5.16. The van der Waals surface area contributed by atoms with Crippen LogP contribution in [0.4, 0.5) is 83.4 Å². The average Bonchev–Trinajstić information content (AvgIpc) is 2.51. The first-order valence-electron chi connectivity index (χ1n) is 7.19. The Morgan fingerprint density at radius 3 is 0.875 bits per heavy atom. The van der Waals surface area contributed by atoms with Crippen LogP contribution in [-0.2, 0) is 0 Å². The van der Waals surface area contributed by atoms with E-state index in [9.17, 15) is 83.4 Å². The van der Waals surface area contributed by atoms with Crippen molar-refractivity contribution in [3.63, 3.8) is 0 Å². The Labute approximate surface area is 163 Å². The zero-order valence-electron chi connectivity index (χ0n) is 14.4. The monoisotopic (exact) mass is 528 g/mol. The van der Waals surface area contributed by atoms with E-state index in [0.717, 1.165) is 0 Å². The van der Waals surface area contributed by atoms with Gasteiger partial charge in [-0.3, -0.25) is 0 Å². The maximum atomic E-state index is 13.3. The summed E-state index contributed by atoms with van der Waals surface area (Å²) in [6.45, 7) is 0.128. The lowest BCUT2D eigenvalue weighted by molar-refractivity contribution is -0.469. The van der Waals surface area contributed by atoms with Gasteiger partial charge in [0, 0.05) is 6.42 Å². The van der Waals surface area contributed by atoms with Crippen LogP contribution in [0.15, 0.2) is 0 Å².